The van der Waals surface area contributed by atoms with Gasteiger partial charge >= 0.3 is 0 Å². The molecular formula is C17H28N2. The molecule has 1 aliphatic rings. The third kappa shape index (κ3) is 3.73. The van der Waals surface area contributed by atoms with Crippen LogP contribution in [0, 0.1) is 5.92 Å². The zero-order valence-electron chi connectivity index (χ0n) is 12.4. The molecule has 1 aromatic rings. The van der Waals surface area contributed by atoms with Gasteiger partial charge in [0.25, 0.3) is 0 Å². The summed E-state index contributed by atoms with van der Waals surface area (Å²) < 4.78 is 0. The summed E-state index contributed by atoms with van der Waals surface area (Å²) in [5.41, 5.74) is 8.12. The summed E-state index contributed by atoms with van der Waals surface area (Å²) >= 11 is 0. The summed E-state index contributed by atoms with van der Waals surface area (Å²) in [6.07, 6.45) is 6.92. The number of nitrogens with zero attached hydrogens (tertiary/aromatic N) is 1. The van der Waals surface area contributed by atoms with Crippen LogP contribution >= 0.6 is 0 Å². The topological polar surface area (TPSA) is 29.3 Å². The van der Waals surface area contributed by atoms with Crippen LogP contribution in [0.15, 0.2) is 24.3 Å². The molecule has 106 valence electrons. The Morgan fingerprint density at radius 3 is 2.68 bits per heavy atom. The van der Waals surface area contributed by atoms with Gasteiger partial charge in [0.2, 0.25) is 0 Å². The van der Waals surface area contributed by atoms with Crippen LogP contribution in [0.4, 0.5) is 5.69 Å². The summed E-state index contributed by atoms with van der Waals surface area (Å²) in [4.78, 5) is 2.65. The third-order valence-corrected chi connectivity index (χ3v) is 4.61. The van der Waals surface area contributed by atoms with Gasteiger partial charge in [-0.05, 0) is 43.0 Å². The normalized spacial score (nSPS) is 23.7. The SMILES string of the molecule is CCC1CCCCC1N(CC)Cc1cccc(N)c1. The minimum absolute atomic E-state index is 0.769. The molecule has 2 rings (SSSR count). The fourth-order valence-corrected chi connectivity index (χ4v) is 3.53. The maximum absolute atomic E-state index is 5.89. The van der Waals surface area contributed by atoms with Crippen molar-refractivity contribution in [2.45, 2.75) is 58.5 Å². The first-order valence-electron chi connectivity index (χ1n) is 7.83. The van der Waals surface area contributed by atoms with Crippen molar-refractivity contribution in [2.24, 2.45) is 5.92 Å². The Kier molecular flexibility index (Phi) is 5.26. The molecule has 1 aliphatic carbocycles. The summed E-state index contributed by atoms with van der Waals surface area (Å²) in [6, 6.07) is 9.12. The number of nitrogen functional groups attached to an aromatic ring is 1. The lowest BCUT2D eigenvalue weighted by Gasteiger charge is -2.39. The van der Waals surface area contributed by atoms with Crippen molar-refractivity contribution in [3.05, 3.63) is 29.8 Å². The van der Waals surface area contributed by atoms with E-state index in [1.54, 1.807) is 0 Å². The molecule has 19 heavy (non-hydrogen) atoms. The van der Waals surface area contributed by atoms with Crippen LogP contribution in [0.25, 0.3) is 0 Å². The number of hydrogen-bond donors (Lipinski definition) is 1. The highest BCUT2D eigenvalue weighted by Crippen LogP contribution is 2.31. The number of anilines is 1. The molecule has 0 saturated heterocycles. The molecule has 0 spiro atoms. The summed E-state index contributed by atoms with van der Waals surface area (Å²) in [6.45, 7) is 6.81. The van der Waals surface area contributed by atoms with Crippen LogP contribution in [0.2, 0.25) is 0 Å². The van der Waals surface area contributed by atoms with Gasteiger partial charge in [0.15, 0.2) is 0 Å². The second-order valence-corrected chi connectivity index (χ2v) is 5.83. The van der Waals surface area contributed by atoms with E-state index in [1.165, 1.54) is 37.7 Å². The molecule has 2 heteroatoms. The second-order valence-electron chi connectivity index (χ2n) is 5.83. The number of nitrogens with two attached hydrogens (primary N) is 1. The maximum atomic E-state index is 5.89. The molecule has 1 fully saturated rings. The first-order chi connectivity index (χ1) is 9.24. The fraction of sp³-hybridized carbons (Fsp3) is 0.647. The summed E-state index contributed by atoms with van der Waals surface area (Å²) in [5, 5.41) is 0. The Morgan fingerprint density at radius 1 is 1.21 bits per heavy atom. The van der Waals surface area contributed by atoms with Crippen LogP contribution in [0.5, 0.6) is 0 Å². The zero-order chi connectivity index (χ0) is 13.7. The van der Waals surface area contributed by atoms with Gasteiger partial charge in [-0.25, -0.2) is 0 Å². The molecule has 0 aliphatic heterocycles. The van der Waals surface area contributed by atoms with Crippen molar-refractivity contribution in [1.82, 2.24) is 4.90 Å². The van der Waals surface area contributed by atoms with E-state index < -0.39 is 0 Å². The van der Waals surface area contributed by atoms with Crippen molar-refractivity contribution in [1.29, 1.82) is 0 Å². The van der Waals surface area contributed by atoms with Crippen molar-refractivity contribution >= 4 is 5.69 Å². The largest absolute Gasteiger partial charge is 0.399 e. The summed E-state index contributed by atoms with van der Waals surface area (Å²) in [5.74, 6) is 0.884. The van der Waals surface area contributed by atoms with E-state index in [0.717, 1.165) is 30.7 Å². The monoisotopic (exact) mass is 260 g/mol. The smallest absolute Gasteiger partial charge is 0.0317 e. The van der Waals surface area contributed by atoms with Crippen LogP contribution < -0.4 is 5.73 Å². The van der Waals surface area contributed by atoms with Gasteiger partial charge in [-0.15, -0.1) is 0 Å². The highest BCUT2D eigenvalue weighted by atomic mass is 15.2. The standard InChI is InChI=1S/C17H28N2/c1-3-15-9-5-6-11-17(15)19(4-2)13-14-8-7-10-16(18)12-14/h7-8,10,12,15,17H,3-6,9,11,13,18H2,1-2H3. The van der Waals surface area contributed by atoms with E-state index >= 15 is 0 Å². The average molecular weight is 260 g/mol. The fourth-order valence-electron chi connectivity index (χ4n) is 3.53. The van der Waals surface area contributed by atoms with Crippen molar-refractivity contribution in [3.8, 4) is 0 Å². The Bertz CT molecular complexity index is 389. The van der Waals surface area contributed by atoms with E-state index in [-0.39, 0.29) is 0 Å². The predicted molar refractivity (Wildman–Crippen MR) is 83.0 cm³/mol. The molecule has 0 bridgehead atoms. The Hall–Kier alpha value is -1.02. The molecule has 0 aromatic heterocycles. The molecule has 2 N–H and O–H groups in total. The number of hydrogen-bond acceptors (Lipinski definition) is 2. The van der Waals surface area contributed by atoms with Gasteiger partial charge in [0.05, 0.1) is 0 Å². The van der Waals surface area contributed by atoms with E-state index in [1.807, 2.05) is 6.07 Å². The van der Waals surface area contributed by atoms with E-state index in [9.17, 15) is 0 Å². The van der Waals surface area contributed by atoms with Crippen LogP contribution in [0.3, 0.4) is 0 Å². The molecule has 0 radical (unpaired) electrons. The second kappa shape index (κ2) is 6.95. The Labute approximate surface area is 118 Å². The van der Waals surface area contributed by atoms with E-state index in [2.05, 4.69) is 36.9 Å². The van der Waals surface area contributed by atoms with Gasteiger partial charge in [-0.2, -0.15) is 0 Å². The molecule has 0 amide bonds. The molecule has 1 aromatic carbocycles. The maximum Gasteiger partial charge on any atom is 0.0317 e. The average Bonchev–Trinajstić information content (AvgIpc) is 2.45. The van der Waals surface area contributed by atoms with Crippen LogP contribution in [-0.2, 0) is 6.54 Å². The van der Waals surface area contributed by atoms with Crippen molar-refractivity contribution in [2.75, 3.05) is 12.3 Å². The lowest BCUT2D eigenvalue weighted by Crippen LogP contribution is -2.41. The molecular weight excluding hydrogens is 232 g/mol. The first-order valence-corrected chi connectivity index (χ1v) is 7.83. The van der Waals surface area contributed by atoms with Crippen molar-refractivity contribution in [3.63, 3.8) is 0 Å². The van der Waals surface area contributed by atoms with Crippen LogP contribution in [-0.4, -0.2) is 17.5 Å². The van der Waals surface area contributed by atoms with Crippen molar-refractivity contribution < 1.29 is 0 Å². The lowest BCUT2D eigenvalue weighted by molar-refractivity contribution is 0.0994. The van der Waals surface area contributed by atoms with Gasteiger partial charge < -0.3 is 5.73 Å². The molecule has 0 heterocycles. The minimum Gasteiger partial charge on any atom is -0.399 e. The van der Waals surface area contributed by atoms with Gasteiger partial charge in [0.1, 0.15) is 0 Å². The van der Waals surface area contributed by atoms with E-state index in [4.69, 9.17) is 5.73 Å². The predicted octanol–water partition coefficient (Wildman–Crippen LogP) is 4.06. The zero-order valence-corrected chi connectivity index (χ0v) is 12.4. The molecule has 2 atom stereocenters. The quantitative estimate of drug-likeness (QED) is 0.809. The Morgan fingerprint density at radius 2 is 2.00 bits per heavy atom. The molecule has 2 unspecified atom stereocenters. The van der Waals surface area contributed by atoms with Gasteiger partial charge in [0, 0.05) is 18.3 Å². The van der Waals surface area contributed by atoms with Gasteiger partial charge in [-0.1, -0.05) is 45.2 Å². The Balaban J connectivity index is 2.06. The minimum atomic E-state index is 0.769. The highest BCUT2D eigenvalue weighted by Gasteiger charge is 2.28. The van der Waals surface area contributed by atoms with E-state index in [0.29, 0.717) is 0 Å². The number of benzene rings is 1. The first kappa shape index (κ1) is 14.4. The molecule has 1 saturated carbocycles. The third-order valence-electron chi connectivity index (χ3n) is 4.61. The lowest BCUT2D eigenvalue weighted by atomic mass is 9.82. The highest BCUT2D eigenvalue weighted by molar-refractivity contribution is 5.40. The summed E-state index contributed by atoms with van der Waals surface area (Å²) in [7, 11) is 0. The number of rotatable bonds is 5. The van der Waals surface area contributed by atoms with Crippen LogP contribution in [0.1, 0.15) is 51.5 Å². The van der Waals surface area contributed by atoms with Gasteiger partial charge in [-0.3, -0.25) is 4.90 Å². The molecule has 2 nitrogen and oxygen atoms in total.